The number of carbonyl (C=O) groups excluding carboxylic acids is 1. The predicted molar refractivity (Wildman–Crippen MR) is 109 cm³/mol. The Morgan fingerprint density at radius 2 is 1.88 bits per heavy atom. The Morgan fingerprint density at radius 3 is 2.47 bits per heavy atom. The Bertz CT molecular complexity index is 1150. The number of urea groups is 1. The van der Waals surface area contributed by atoms with Gasteiger partial charge in [-0.05, 0) is 13.8 Å². The molecule has 1 aromatic heterocycles. The molecule has 0 aliphatic carbocycles. The number of ether oxygens (including phenoxy) is 1. The van der Waals surface area contributed by atoms with E-state index < -0.39 is 45.7 Å². The fourth-order valence-electron chi connectivity index (χ4n) is 4.13. The number of hydrogen-bond acceptors (Lipinski definition) is 5. The molecular weight excluding hydrogens is 451 g/mol. The number of aromatic nitrogens is 2. The summed E-state index contributed by atoms with van der Waals surface area (Å²) in [4.78, 5) is 14.2. The first-order valence-electron chi connectivity index (χ1n) is 9.85. The summed E-state index contributed by atoms with van der Waals surface area (Å²) in [7, 11) is -2.20. The van der Waals surface area contributed by atoms with Gasteiger partial charge in [0, 0.05) is 24.9 Å². The van der Waals surface area contributed by atoms with Crippen LogP contribution >= 0.6 is 0 Å². The summed E-state index contributed by atoms with van der Waals surface area (Å²) in [6.45, 7) is 3.78. The highest BCUT2D eigenvalue weighted by Crippen LogP contribution is 2.35. The third kappa shape index (κ3) is 3.68. The first-order chi connectivity index (χ1) is 15.0. The van der Waals surface area contributed by atoms with E-state index in [9.17, 15) is 26.4 Å². The van der Waals surface area contributed by atoms with Crippen LogP contribution in [0, 0.1) is 17.5 Å². The number of benzene rings is 1. The van der Waals surface area contributed by atoms with Crippen molar-refractivity contribution in [2.75, 3.05) is 22.5 Å². The second-order valence-corrected chi connectivity index (χ2v) is 9.80. The monoisotopic (exact) mass is 473 g/mol. The third-order valence-electron chi connectivity index (χ3n) is 5.83. The molecule has 9 nitrogen and oxygen atoms in total. The van der Waals surface area contributed by atoms with Gasteiger partial charge < -0.3 is 15.0 Å². The second-order valence-electron chi connectivity index (χ2n) is 7.91. The van der Waals surface area contributed by atoms with E-state index in [2.05, 4.69) is 10.4 Å². The van der Waals surface area contributed by atoms with Gasteiger partial charge in [-0.15, -0.1) is 0 Å². The number of hydrogen-bond donors (Lipinski definition) is 1. The summed E-state index contributed by atoms with van der Waals surface area (Å²) in [5, 5.41) is 6.65. The number of fused-ring (bicyclic) bond motifs is 1. The van der Waals surface area contributed by atoms with E-state index in [4.69, 9.17) is 4.74 Å². The summed E-state index contributed by atoms with van der Waals surface area (Å²) >= 11 is 0. The lowest BCUT2D eigenvalue weighted by Crippen LogP contribution is -2.47. The van der Waals surface area contributed by atoms with Crippen molar-refractivity contribution in [3.05, 3.63) is 41.5 Å². The zero-order valence-electron chi connectivity index (χ0n) is 17.5. The molecule has 4 rings (SSSR count). The summed E-state index contributed by atoms with van der Waals surface area (Å²) in [6, 6.07) is -0.127. The Balaban J connectivity index is 1.61. The predicted octanol–water partition coefficient (Wildman–Crippen LogP) is 2.29. The first kappa shape index (κ1) is 22.4. The molecule has 3 heterocycles. The number of anilines is 2. The maximum Gasteiger partial charge on any atom is 0.322 e. The van der Waals surface area contributed by atoms with Crippen LogP contribution in [0.3, 0.4) is 0 Å². The molecule has 174 valence electrons. The zero-order valence-corrected chi connectivity index (χ0v) is 18.4. The molecule has 32 heavy (non-hydrogen) atoms. The number of amides is 2. The van der Waals surface area contributed by atoms with Gasteiger partial charge in [-0.3, -0.25) is 8.99 Å². The topological polar surface area (TPSA) is 96.8 Å². The summed E-state index contributed by atoms with van der Waals surface area (Å²) in [5.74, 6) is -4.64. The van der Waals surface area contributed by atoms with Crippen molar-refractivity contribution in [2.24, 2.45) is 0 Å². The Kier molecular flexibility index (Phi) is 5.57. The van der Waals surface area contributed by atoms with E-state index in [1.807, 2.05) is 0 Å². The van der Waals surface area contributed by atoms with Gasteiger partial charge in [-0.25, -0.2) is 26.4 Å². The number of halogens is 3. The average molecular weight is 473 g/mol. The molecule has 13 heteroatoms. The molecule has 0 bridgehead atoms. The minimum absolute atomic E-state index is 0.00484. The molecule has 1 aromatic carbocycles. The second kappa shape index (κ2) is 7.96. The molecule has 2 amide bonds. The van der Waals surface area contributed by atoms with E-state index in [1.165, 1.54) is 22.5 Å². The summed E-state index contributed by atoms with van der Waals surface area (Å²) in [5.41, 5.74) is 0.610. The number of rotatable bonds is 3. The standard InChI is InChI=1S/C19H22F3N5O4S/c1-10-7-26-16(15(6-23-26)27-11(2)17(31-3)9-32(27,29)30)8-25(10)19(28)24-12-4-13(20)18(22)14(21)5-12/h4-6,10-11,17H,7-9H2,1-3H3,(H,24,28)/t10-,11?,17?/m0/s1. The lowest BCUT2D eigenvalue weighted by molar-refractivity contribution is 0.111. The van der Waals surface area contributed by atoms with E-state index in [-0.39, 0.29) is 30.6 Å². The lowest BCUT2D eigenvalue weighted by atomic mass is 10.1. The molecular formula is C19H22F3N5O4S. The SMILES string of the molecule is COC1CS(=O)(=O)N(c2cnn3c2CN(C(=O)Nc2cc(F)c(F)c(F)c2)[C@@H](C)C3)C1C. The van der Waals surface area contributed by atoms with Crippen molar-refractivity contribution in [3.63, 3.8) is 0 Å². The van der Waals surface area contributed by atoms with Gasteiger partial charge in [0.2, 0.25) is 10.0 Å². The Morgan fingerprint density at radius 1 is 1.22 bits per heavy atom. The van der Waals surface area contributed by atoms with Crippen molar-refractivity contribution in [1.82, 2.24) is 14.7 Å². The van der Waals surface area contributed by atoms with Crippen LogP contribution in [0.4, 0.5) is 29.3 Å². The van der Waals surface area contributed by atoms with Crippen LogP contribution in [0.5, 0.6) is 0 Å². The Labute approximate surface area is 182 Å². The molecule has 0 radical (unpaired) electrons. The van der Waals surface area contributed by atoms with Gasteiger partial charge in [-0.2, -0.15) is 5.10 Å². The molecule has 2 aromatic rings. The quantitative estimate of drug-likeness (QED) is 0.690. The van der Waals surface area contributed by atoms with Gasteiger partial charge in [0.1, 0.15) is 0 Å². The smallest absolute Gasteiger partial charge is 0.322 e. The van der Waals surface area contributed by atoms with Crippen LogP contribution < -0.4 is 9.62 Å². The largest absolute Gasteiger partial charge is 0.378 e. The van der Waals surface area contributed by atoms with Crippen LogP contribution in [-0.4, -0.2) is 60.2 Å². The molecule has 3 atom stereocenters. The third-order valence-corrected chi connectivity index (χ3v) is 7.71. The van der Waals surface area contributed by atoms with Crippen molar-refractivity contribution in [1.29, 1.82) is 0 Å². The van der Waals surface area contributed by atoms with Crippen LogP contribution in [0.15, 0.2) is 18.3 Å². The normalized spacial score (nSPS) is 24.5. The van der Waals surface area contributed by atoms with E-state index in [0.717, 1.165) is 0 Å². The van der Waals surface area contributed by atoms with E-state index in [0.29, 0.717) is 23.5 Å². The molecule has 1 saturated heterocycles. The number of nitrogens with one attached hydrogen (secondary N) is 1. The number of carbonyl (C=O) groups is 1. The van der Waals surface area contributed by atoms with Crippen molar-refractivity contribution in [3.8, 4) is 0 Å². The number of sulfonamides is 1. The van der Waals surface area contributed by atoms with Crippen LogP contribution in [0.2, 0.25) is 0 Å². The van der Waals surface area contributed by atoms with Crippen molar-refractivity contribution < 1.29 is 31.1 Å². The van der Waals surface area contributed by atoms with E-state index >= 15 is 0 Å². The molecule has 1 fully saturated rings. The molecule has 2 aliphatic rings. The highest BCUT2D eigenvalue weighted by atomic mass is 32.2. The summed E-state index contributed by atoms with van der Waals surface area (Å²) < 4.78 is 73.9. The molecule has 0 saturated carbocycles. The van der Waals surface area contributed by atoms with Gasteiger partial charge in [0.25, 0.3) is 0 Å². The lowest BCUT2D eigenvalue weighted by Gasteiger charge is -2.35. The van der Waals surface area contributed by atoms with Crippen molar-refractivity contribution in [2.45, 2.75) is 45.1 Å². The first-order valence-corrected chi connectivity index (χ1v) is 11.5. The van der Waals surface area contributed by atoms with Crippen molar-refractivity contribution >= 4 is 27.4 Å². The van der Waals surface area contributed by atoms with E-state index in [1.54, 1.807) is 18.5 Å². The molecule has 1 N–H and O–H groups in total. The van der Waals surface area contributed by atoms with Gasteiger partial charge in [-0.1, -0.05) is 0 Å². The maximum atomic E-state index is 13.5. The highest BCUT2D eigenvalue weighted by Gasteiger charge is 2.45. The van der Waals surface area contributed by atoms with Crippen LogP contribution in [0.1, 0.15) is 19.5 Å². The van der Waals surface area contributed by atoms with Gasteiger partial charge >= 0.3 is 6.03 Å². The van der Waals surface area contributed by atoms with Gasteiger partial charge in [0.15, 0.2) is 17.5 Å². The minimum Gasteiger partial charge on any atom is -0.378 e. The summed E-state index contributed by atoms with van der Waals surface area (Å²) in [6.07, 6.45) is 0.932. The van der Waals surface area contributed by atoms with Gasteiger partial charge in [0.05, 0.1) is 54.6 Å². The Hall–Kier alpha value is -2.80. The zero-order chi connectivity index (χ0) is 23.4. The van der Waals surface area contributed by atoms with Crippen LogP contribution in [-0.2, 0) is 27.8 Å². The highest BCUT2D eigenvalue weighted by molar-refractivity contribution is 7.93. The molecule has 0 spiro atoms. The maximum absolute atomic E-state index is 13.5. The number of nitrogens with zero attached hydrogens (tertiary/aromatic N) is 4. The molecule has 2 aliphatic heterocycles. The fourth-order valence-corrected chi connectivity index (χ4v) is 6.22. The average Bonchev–Trinajstić information content (AvgIpc) is 3.21. The minimum atomic E-state index is -3.65. The fraction of sp³-hybridized carbons (Fsp3) is 0.474. The number of methoxy groups -OCH3 is 1. The molecule has 2 unspecified atom stereocenters. The van der Waals surface area contributed by atoms with Crippen LogP contribution in [0.25, 0.3) is 0 Å².